The maximum Gasteiger partial charge on any atom is 0.318 e. The van der Waals surface area contributed by atoms with Crippen LogP contribution in [0.15, 0.2) is 6.20 Å². The summed E-state index contributed by atoms with van der Waals surface area (Å²) in [6.07, 6.45) is 3.91. The quantitative estimate of drug-likeness (QED) is 0.895. The van der Waals surface area contributed by atoms with Crippen LogP contribution in [-0.2, 0) is 4.74 Å². The molecule has 1 N–H and O–H groups in total. The van der Waals surface area contributed by atoms with Gasteiger partial charge in [0.05, 0.1) is 25.5 Å². The van der Waals surface area contributed by atoms with Crippen molar-refractivity contribution in [2.75, 3.05) is 19.0 Å². The highest BCUT2D eigenvalue weighted by atomic mass is 35.5. The van der Waals surface area contributed by atoms with Gasteiger partial charge in [0.1, 0.15) is 5.02 Å². The number of ether oxygens (including phenoxy) is 2. The van der Waals surface area contributed by atoms with Gasteiger partial charge in [-0.3, -0.25) is 0 Å². The third-order valence-corrected chi connectivity index (χ3v) is 3.07. The molecule has 2 rings (SSSR count). The molecule has 0 bridgehead atoms. The molecule has 0 radical (unpaired) electrons. The summed E-state index contributed by atoms with van der Waals surface area (Å²) < 4.78 is 10.6. The monoisotopic (exact) mass is 257 g/mol. The molecule has 0 spiro atoms. The van der Waals surface area contributed by atoms with Crippen LogP contribution in [0.25, 0.3) is 0 Å². The van der Waals surface area contributed by atoms with Gasteiger partial charge in [-0.15, -0.1) is 0 Å². The molecule has 17 heavy (non-hydrogen) atoms. The van der Waals surface area contributed by atoms with Crippen molar-refractivity contribution in [3.63, 3.8) is 0 Å². The van der Waals surface area contributed by atoms with Crippen LogP contribution < -0.4 is 10.1 Å². The molecule has 1 aliphatic rings. The first-order valence-corrected chi connectivity index (χ1v) is 6.03. The van der Waals surface area contributed by atoms with E-state index in [4.69, 9.17) is 21.1 Å². The van der Waals surface area contributed by atoms with Crippen LogP contribution in [0, 0.1) is 0 Å². The first-order valence-electron chi connectivity index (χ1n) is 5.65. The van der Waals surface area contributed by atoms with Gasteiger partial charge in [-0.25, -0.2) is 4.98 Å². The standard InChI is InChI=1S/C11H16ClN3O2/c1-7(9-4-3-5-17-9)14-10-8(12)6-13-11(15-10)16-2/h6-7,9H,3-5H2,1-2H3,(H,13,14,15). The predicted octanol–water partition coefficient (Wildman–Crippen LogP) is 2.12. The summed E-state index contributed by atoms with van der Waals surface area (Å²) in [4.78, 5) is 8.10. The third-order valence-electron chi connectivity index (χ3n) is 2.79. The number of hydrogen-bond acceptors (Lipinski definition) is 5. The van der Waals surface area contributed by atoms with E-state index in [2.05, 4.69) is 22.2 Å². The van der Waals surface area contributed by atoms with Crippen molar-refractivity contribution >= 4 is 17.4 Å². The van der Waals surface area contributed by atoms with Crippen molar-refractivity contribution < 1.29 is 9.47 Å². The molecule has 94 valence electrons. The van der Waals surface area contributed by atoms with Gasteiger partial charge in [-0.05, 0) is 19.8 Å². The molecule has 0 saturated carbocycles. The van der Waals surface area contributed by atoms with E-state index >= 15 is 0 Å². The summed E-state index contributed by atoms with van der Waals surface area (Å²) in [5, 5.41) is 3.72. The van der Waals surface area contributed by atoms with Crippen LogP contribution in [0.3, 0.4) is 0 Å². The maximum atomic E-state index is 6.02. The second-order valence-electron chi connectivity index (χ2n) is 4.04. The molecule has 1 aliphatic heterocycles. The molecular formula is C11H16ClN3O2. The Morgan fingerprint density at radius 1 is 1.65 bits per heavy atom. The summed E-state index contributed by atoms with van der Waals surface area (Å²) in [5.74, 6) is 0.585. The highest BCUT2D eigenvalue weighted by Crippen LogP contribution is 2.24. The van der Waals surface area contributed by atoms with E-state index in [-0.39, 0.29) is 12.1 Å². The number of nitrogens with one attached hydrogen (secondary N) is 1. The van der Waals surface area contributed by atoms with Gasteiger partial charge >= 0.3 is 6.01 Å². The van der Waals surface area contributed by atoms with E-state index in [0.717, 1.165) is 19.4 Å². The first-order chi connectivity index (χ1) is 8.20. The van der Waals surface area contributed by atoms with Crippen molar-refractivity contribution in [3.05, 3.63) is 11.2 Å². The summed E-state index contributed by atoms with van der Waals surface area (Å²) in [6.45, 7) is 2.89. The fraction of sp³-hybridized carbons (Fsp3) is 0.636. The second kappa shape index (κ2) is 5.51. The highest BCUT2D eigenvalue weighted by molar-refractivity contribution is 6.32. The van der Waals surface area contributed by atoms with Gasteiger partial charge in [0.15, 0.2) is 5.82 Å². The van der Waals surface area contributed by atoms with Crippen LogP contribution >= 0.6 is 11.6 Å². The van der Waals surface area contributed by atoms with Gasteiger partial charge in [0, 0.05) is 6.61 Å². The molecule has 6 heteroatoms. The molecule has 1 aromatic heterocycles. The summed E-state index contributed by atoms with van der Waals surface area (Å²) in [6, 6.07) is 0.464. The lowest BCUT2D eigenvalue weighted by atomic mass is 10.1. The zero-order chi connectivity index (χ0) is 12.3. The second-order valence-corrected chi connectivity index (χ2v) is 4.44. The molecule has 1 saturated heterocycles. The van der Waals surface area contributed by atoms with Gasteiger partial charge in [0.25, 0.3) is 0 Å². The number of nitrogens with zero attached hydrogens (tertiary/aromatic N) is 2. The SMILES string of the molecule is COc1ncc(Cl)c(NC(C)C2CCCO2)n1. The zero-order valence-electron chi connectivity index (χ0n) is 9.94. The lowest BCUT2D eigenvalue weighted by Crippen LogP contribution is -2.30. The van der Waals surface area contributed by atoms with Crippen LogP contribution in [0.2, 0.25) is 5.02 Å². The van der Waals surface area contributed by atoms with Crippen LogP contribution in [-0.4, -0.2) is 35.8 Å². The minimum atomic E-state index is 0.162. The Balaban J connectivity index is 2.06. The molecule has 1 aromatic rings. The normalized spacial score (nSPS) is 21.2. The Hall–Kier alpha value is -1.07. The summed E-state index contributed by atoms with van der Waals surface area (Å²) >= 11 is 6.02. The molecular weight excluding hydrogens is 242 g/mol. The number of aromatic nitrogens is 2. The lowest BCUT2D eigenvalue weighted by molar-refractivity contribution is 0.0995. The fourth-order valence-corrected chi connectivity index (χ4v) is 2.00. The Labute approximate surface area is 105 Å². The van der Waals surface area contributed by atoms with E-state index in [9.17, 15) is 0 Å². The van der Waals surface area contributed by atoms with E-state index in [1.54, 1.807) is 0 Å². The highest BCUT2D eigenvalue weighted by Gasteiger charge is 2.23. The largest absolute Gasteiger partial charge is 0.467 e. The smallest absolute Gasteiger partial charge is 0.318 e. The molecule has 0 amide bonds. The van der Waals surface area contributed by atoms with E-state index in [1.165, 1.54) is 13.3 Å². The third kappa shape index (κ3) is 2.98. The zero-order valence-corrected chi connectivity index (χ0v) is 10.7. The Bertz CT molecular complexity index is 383. The number of hydrogen-bond donors (Lipinski definition) is 1. The average Bonchev–Trinajstić information content (AvgIpc) is 2.85. The van der Waals surface area contributed by atoms with E-state index < -0.39 is 0 Å². The maximum absolute atomic E-state index is 6.02. The van der Waals surface area contributed by atoms with Crippen molar-refractivity contribution in [2.24, 2.45) is 0 Å². The topological polar surface area (TPSA) is 56.3 Å². The van der Waals surface area contributed by atoms with Gasteiger partial charge in [-0.1, -0.05) is 11.6 Å². The molecule has 5 nitrogen and oxygen atoms in total. The van der Waals surface area contributed by atoms with Gasteiger partial charge in [-0.2, -0.15) is 4.98 Å². The average molecular weight is 258 g/mol. The molecule has 2 atom stereocenters. The molecule has 1 fully saturated rings. The molecule has 2 unspecified atom stereocenters. The molecule has 0 aliphatic carbocycles. The Morgan fingerprint density at radius 2 is 2.47 bits per heavy atom. The van der Waals surface area contributed by atoms with Crippen molar-refractivity contribution in [1.82, 2.24) is 9.97 Å². The fourth-order valence-electron chi connectivity index (χ4n) is 1.86. The van der Waals surface area contributed by atoms with Crippen molar-refractivity contribution in [3.8, 4) is 6.01 Å². The van der Waals surface area contributed by atoms with E-state index in [0.29, 0.717) is 16.9 Å². The Kier molecular flexibility index (Phi) is 4.02. The van der Waals surface area contributed by atoms with Gasteiger partial charge in [0.2, 0.25) is 0 Å². The summed E-state index contributed by atoms with van der Waals surface area (Å²) in [7, 11) is 1.52. The summed E-state index contributed by atoms with van der Waals surface area (Å²) in [5.41, 5.74) is 0. The number of rotatable bonds is 4. The Morgan fingerprint density at radius 3 is 3.12 bits per heavy atom. The minimum Gasteiger partial charge on any atom is -0.467 e. The van der Waals surface area contributed by atoms with E-state index in [1.807, 2.05) is 0 Å². The lowest BCUT2D eigenvalue weighted by Gasteiger charge is -2.21. The van der Waals surface area contributed by atoms with Crippen LogP contribution in [0.4, 0.5) is 5.82 Å². The van der Waals surface area contributed by atoms with Crippen LogP contribution in [0.1, 0.15) is 19.8 Å². The number of halogens is 1. The van der Waals surface area contributed by atoms with Gasteiger partial charge < -0.3 is 14.8 Å². The number of anilines is 1. The number of methoxy groups -OCH3 is 1. The van der Waals surface area contributed by atoms with Crippen molar-refractivity contribution in [1.29, 1.82) is 0 Å². The molecule has 0 aromatic carbocycles. The first kappa shape index (κ1) is 12.4. The van der Waals surface area contributed by atoms with Crippen LogP contribution in [0.5, 0.6) is 6.01 Å². The predicted molar refractivity (Wildman–Crippen MR) is 65.7 cm³/mol. The van der Waals surface area contributed by atoms with Crippen molar-refractivity contribution in [2.45, 2.75) is 31.9 Å². The minimum absolute atomic E-state index is 0.162. The molecule has 2 heterocycles.